The van der Waals surface area contributed by atoms with Gasteiger partial charge in [-0.3, -0.25) is 0 Å². The fourth-order valence-electron chi connectivity index (χ4n) is 1.51. The van der Waals surface area contributed by atoms with E-state index in [-0.39, 0.29) is 11.4 Å². The van der Waals surface area contributed by atoms with Crippen molar-refractivity contribution < 1.29 is 14.3 Å². The average molecular weight is 251 g/mol. The van der Waals surface area contributed by atoms with Crippen LogP contribution in [0.25, 0.3) is 11.1 Å². The summed E-state index contributed by atoms with van der Waals surface area (Å²) in [5, 5.41) is 9.13. The highest BCUT2D eigenvalue weighted by Crippen LogP contribution is 2.28. The standard InChI is InChI=1S/C13H8ClFO2/c14-12-7-9(13(16)17)3-6-11(12)8-1-4-10(15)5-2-8/h1-7H,(H,16,17). The summed E-state index contributed by atoms with van der Waals surface area (Å²) in [5.41, 5.74) is 1.55. The number of hydrogen-bond donors (Lipinski definition) is 1. The largest absolute Gasteiger partial charge is 0.478 e. The smallest absolute Gasteiger partial charge is 0.335 e. The Balaban J connectivity index is 2.46. The normalized spacial score (nSPS) is 10.2. The second kappa shape index (κ2) is 4.55. The van der Waals surface area contributed by atoms with Crippen LogP contribution in [0.4, 0.5) is 4.39 Å². The fraction of sp³-hybridized carbons (Fsp3) is 0. The Hall–Kier alpha value is -1.87. The van der Waals surface area contributed by atoms with Gasteiger partial charge in [-0.1, -0.05) is 29.8 Å². The Kier molecular flexibility index (Phi) is 3.11. The zero-order valence-corrected chi connectivity index (χ0v) is 9.41. The number of rotatable bonds is 2. The van der Waals surface area contributed by atoms with E-state index in [0.29, 0.717) is 10.6 Å². The number of hydrogen-bond acceptors (Lipinski definition) is 1. The van der Waals surface area contributed by atoms with Gasteiger partial charge in [0.25, 0.3) is 0 Å². The molecule has 0 aliphatic heterocycles. The first-order valence-corrected chi connectivity index (χ1v) is 5.24. The van der Waals surface area contributed by atoms with E-state index in [4.69, 9.17) is 16.7 Å². The van der Waals surface area contributed by atoms with Crippen LogP contribution in [-0.2, 0) is 0 Å². The molecule has 1 N–H and O–H groups in total. The Morgan fingerprint density at radius 2 is 1.76 bits per heavy atom. The molecule has 0 fully saturated rings. The number of carboxylic acids is 1. The van der Waals surface area contributed by atoms with Crippen molar-refractivity contribution in [2.75, 3.05) is 0 Å². The lowest BCUT2D eigenvalue weighted by molar-refractivity contribution is 0.0697. The number of carbonyl (C=O) groups is 1. The number of carboxylic acid groups (broad SMARTS) is 1. The van der Waals surface area contributed by atoms with Crippen molar-refractivity contribution in [3.8, 4) is 11.1 Å². The average Bonchev–Trinajstić information content (AvgIpc) is 2.30. The maximum absolute atomic E-state index is 12.8. The quantitative estimate of drug-likeness (QED) is 0.879. The summed E-state index contributed by atoms with van der Waals surface area (Å²) in [5.74, 6) is -1.36. The van der Waals surface area contributed by atoms with Crippen LogP contribution in [0, 0.1) is 5.82 Å². The van der Waals surface area contributed by atoms with E-state index in [1.54, 1.807) is 18.2 Å². The molecule has 0 aromatic heterocycles. The molecule has 2 aromatic rings. The van der Waals surface area contributed by atoms with Gasteiger partial charge in [-0.05, 0) is 29.8 Å². The Bertz CT molecular complexity index is 564. The van der Waals surface area contributed by atoms with E-state index in [2.05, 4.69) is 0 Å². The summed E-state index contributed by atoms with van der Waals surface area (Å²) in [6, 6.07) is 10.3. The molecule has 0 saturated carbocycles. The molecule has 0 spiro atoms. The lowest BCUT2D eigenvalue weighted by Gasteiger charge is -2.05. The molecule has 4 heteroatoms. The predicted molar refractivity (Wildman–Crippen MR) is 63.8 cm³/mol. The van der Waals surface area contributed by atoms with Crippen molar-refractivity contribution in [2.24, 2.45) is 0 Å². The first-order valence-electron chi connectivity index (χ1n) is 4.87. The van der Waals surface area contributed by atoms with Crippen LogP contribution in [0.1, 0.15) is 10.4 Å². The minimum Gasteiger partial charge on any atom is -0.478 e. The molecule has 0 bridgehead atoms. The Morgan fingerprint density at radius 1 is 1.12 bits per heavy atom. The van der Waals surface area contributed by atoms with Crippen molar-refractivity contribution in [2.45, 2.75) is 0 Å². The number of benzene rings is 2. The first kappa shape index (κ1) is 11.6. The summed E-state index contributed by atoms with van der Waals surface area (Å²) in [7, 11) is 0. The molecule has 0 aliphatic carbocycles. The van der Waals surface area contributed by atoms with E-state index in [9.17, 15) is 9.18 Å². The van der Waals surface area contributed by atoms with E-state index in [1.807, 2.05) is 0 Å². The highest BCUT2D eigenvalue weighted by atomic mass is 35.5. The molecule has 0 aliphatic rings. The van der Waals surface area contributed by atoms with Crippen molar-refractivity contribution in [3.05, 3.63) is 58.9 Å². The zero-order valence-electron chi connectivity index (χ0n) is 8.65. The summed E-state index contributed by atoms with van der Waals surface area (Å²) >= 11 is 5.99. The lowest BCUT2D eigenvalue weighted by atomic mass is 10.0. The van der Waals surface area contributed by atoms with Gasteiger partial charge in [0, 0.05) is 10.6 Å². The monoisotopic (exact) mass is 250 g/mol. The topological polar surface area (TPSA) is 37.3 Å². The Morgan fingerprint density at radius 3 is 2.29 bits per heavy atom. The minimum absolute atomic E-state index is 0.126. The van der Waals surface area contributed by atoms with Gasteiger partial charge in [0.2, 0.25) is 0 Å². The van der Waals surface area contributed by atoms with E-state index < -0.39 is 5.97 Å². The van der Waals surface area contributed by atoms with Crippen molar-refractivity contribution in [3.63, 3.8) is 0 Å². The molecule has 0 heterocycles. The van der Waals surface area contributed by atoms with Gasteiger partial charge in [0.1, 0.15) is 5.82 Å². The van der Waals surface area contributed by atoms with Crippen LogP contribution < -0.4 is 0 Å². The molecule has 2 aromatic carbocycles. The fourth-order valence-corrected chi connectivity index (χ4v) is 1.80. The van der Waals surface area contributed by atoms with Gasteiger partial charge in [0.05, 0.1) is 5.56 Å². The lowest BCUT2D eigenvalue weighted by Crippen LogP contribution is -1.95. The predicted octanol–water partition coefficient (Wildman–Crippen LogP) is 3.84. The van der Waals surface area contributed by atoms with Gasteiger partial charge in [-0.25, -0.2) is 9.18 Å². The summed E-state index contributed by atoms with van der Waals surface area (Å²) < 4.78 is 12.8. The minimum atomic E-state index is -1.03. The molecule has 0 unspecified atom stereocenters. The van der Waals surface area contributed by atoms with Gasteiger partial charge in [-0.15, -0.1) is 0 Å². The summed E-state index contributed by atoms with van der Waals surface area (Å²) in [4.78, 5) is 10.7. The molecule has 0 amide bonds. The maximum Gasteiger partial charge on any atom is 0.335 e. The maximum atomic E-state index is 12.8. The van der Waals surface area contributed by atoms with E-state index in [0.717, 1.165) is 5.56 Å². The number of halogens is 2. The Labute approximate surface area is 102 Å². The summed E-state index contributed by atoms with van der Waals surface area (Å²) in [6.07, 6.45) is 0. The van der Waals surface area contributed by atoms with Crippen molar-refractivity contribution in [1.29, 1.82) is 0 Å². The molecule has 86 valence electrons. The van der Waals surface area contributed by atoms with E-state index >= 15 is 0 Å². The van der Waals surface area contributed by atoms with Gasteiger partial charge in [0.15, 0.2) is 0 Å². The molecule has 0 radical (unpaired) electrons. The van der Waals surface area contributed by atoms with Crippen molar-refractivity contribution in [1.82, 2.24) is 0 Å². The molecule has 0 atom stereocenters. The van der Waals surface area contributed by atoms with Gasteiger partial charge >= 0.3 is 5.97 Å². The molecule has 17 heavy (non-hydrogen) atoms. The highest BCUT2D eigenvalue weighted by Gasteiger charge is 2.08. The van der Waals surface area contributed by atoms with Crippen molar-refractivity contribution >= 4 is 17.6 Å². The highest BCUT2D eigenvalue weighted by molar-refractivity contribution is 6.33. The molecular weight excluding hydrogens is 243 g/mol. The third-order valence-electron chi connectivity index (χ3n) is 2.37. The van der Waals surface area contributed by atoms with E-state index in [1.165, 1.54) is 24.3 Å². The van der Waals surface area contributed by atoms with Crippen LogP contribution in [0.5, 0.6) is 0 Å². The molecule has 0 saturated heterocycles. The molecule has 2 rings (SSSR count). The summed E-state index contributed by atoms with van der Waals surface area (Å²) in [6.45, 7) is 0. The number of aromatic carboxylic acids is 1. The zero-order chi connectivity index (χ0) is 12.4. The van der Waals surface area contributed by atoms with Crippen LogP contribution in [-0.4, -0.2) is 11.1 Å². The molecular formula is C13H8ClFO2. The second-order valence-electron chi connectivity index (χ2n) is 3.51. The van der Waals surface area contributed by atoms with Crippen LogP contribution in [0.2, 0.25) is 5.02 Å². The third kappa shape index (κ3) is 2.45. The third-order valence-corrected chi connectivity index (χ3v) is 2.68. The van der Waals surface area contributed by atoms with Crippen LogP contribution in [0.15, 0.2) is 42.5 Å². The SMILES string of the molecule is O=C(O)c1ccc(-c2ccc(F)cc2)c(Cl)c1. The van der Waals surface area contributed by atoms with Crippen LogP contribution >= 0.6 is 11.6 Å². The second-order valence-corrected chi connectivity index (χ2v) is 3.91. The van der Waals surface area contributed by atoms with Gasteiger partial charge < -0.3 is 5.11 Å². The van der Waals surface area contributed by atoms with Gasteiger partial charge in [-0.2, -0.15) is 0 Å². The van der Waals surface area contributed by atoms with Crippen LogP contribution in [0.3, 0.4) is 0 Å². The first-order chi connectivity index (χ1) is 8.08. The molecule has 2 nitrogen and oxygen atoms in total.